The molecule has 0 fully saturated rings. The van der Waals surface area contributed by atoms with Gasteiger partial charge in [-0.1, -0.05) is 5.16 Å². The molecule has 1 aromatic heterocycles. The lowest BCUT2D eigenvalue weighted by molar-refractivity contribution is -0.384. The van der Waals surface area contributed by atoms with E-state index in [9.17, 15) is 14.9 Å². The molecule has 0 atom stereocenters. The van der Waals surface area contributed by atoms with Crippen LogP contribution < -0.4 is 10.1 Å². The van der Waals surface area contributed by atoms with Crippen LogP contribution in [0.1, 0.15) is 11.7 Å². The molecule has 0 radical (unpaired) electrons. The number of hydrogen-bond donors (Lipinski definition) is 1. The lowest BCUT2D eigenvalue weighted by Gasteiger charge is -2.09. The van der Waals surface area contributed by atoms with Crippen LogP contribution in [0.5, 0.6) is 5.75 Å². The summed E-state index contributed by atoms with van der Waals surface area (Å²) >= 11 is 1.30. The minimum absolute atomic E-state index is 0.129. The van der Waals surface area contributed by atoms with Crippen molar-refractivity contribution in [1.29, 1.82) is 0 Å². The smallest absolute Gasteiger partial charge is 0.271 e. The highest BCUT2D eigenvalue weighted by Gasteiger charge is 2.14. The highest BCUT2D eigenvalue weighted by atomic mass is 32.2. The second kappa shape index (κ2) is 7.58. The molecule has 0 saturated carbocycles. The Hall–Kier alpha value is -2.62. The number of amides is 1. The van der Waals surface area contributed by atoms with Crippen LogP contribution in [0, 0.1) is 17.0 Å². The van der Waals surface area contributed by atoms with Gasteiger partial charge in [0.15, 0.2) is 5.82 Å². The Balaban J connectivity index is 1.93. The number of benzene rings is 1. The van der Waals surface area contributed by atoms with Crippen molar-refractivity contribution in [3.8, 4) is 5.75 Å². The monoisotopic (exact) mass is 338 g/mol. The van der Waals surface area contributed by atoms with E-state index in [2.05, 4.69) is 15.5 Å². The average Bonchev–Trinajstić information content (AvgIpc) is 2.92. The molecule has 0 bridgehead atoms. The van der Waals surface area contributed by atoms with Crippen molar-refractivity contribution < 1.29 is 19.0 Å². The lowest BCUT2D eigenvalue weighted by atomic mass is 10.2. The van der Waals surface area contributed by atoms with Gasteiger partial charge in [-0.2, -0.15) is 4.98 Å². The van der Waals surface area contributed by atoms with E-state index in [4.69, 9.17) is 9.26 Å². The number of non-ortho nitro benzene ring substituents is 1. The van der Waals surface area contributed by atoms with Gasteiger partial charge in [0.25, 0.3) is 5.69 Å². The number of anilines is 1. The quantitative estimate of drug-likeness (QED) is 0.602. The van der Waals surface area contributed by atoms with Gasteiger partial charge in [0.05, 0.1) is 29.2 Å². The van der Waals surface area contributed by atoms with Gasteiger partial charge in [-0.05, 0) is 6.07 Å². The zero-order valence-electron chi connectivity index (χ0n) is 12.4. The summed E-state index contributed by atoms with van der Waals surface area (Å²) in [4.78, 5) is 26.2. The van der Waals surface area contributed by atoms with Crippen LogP contribution in [0.4, 0.5) is 11.4 Å². The van der Waals surface area contributed by atoms with E-state index < -0.39 is 4.92 Å². The molecule has 1 heterocycles. The van der Waals surface area contributed by atoms with Gasteiger partial charge in [0.1, 0.15) is 5.75 Å². The van der Waals surface area contributed by atoms with E-state index in [1.165, 1.54) is 37.1 Å². The third kappa shape index (κ3) is 4.68. The summed E-state index contributed by atoms with van der Waals surface area (Å²) in [5.74, 6) is 1.58. The molecule has 1 N–H and O–H groups in total. The molecule has 2 aromatic rings. The maximum Gasteiger partial charge on any atom is 0.271 e. The first-order valence-electron chi connectivity index (χ1n) is 6.49. The van der Waals surface area contributed by atoms with E-state index in [1.807, 2.05) is 0 Å². The Labute approximate surface area is 135 Å². The van der Waals surface area contributed by atoms with Crippen molar-refractivity contribution >= 4 is 29.0 Å². The van der Waals surface area contributed by atoms with Gasteiger partial charge < -0.3 is 14.6 Å². The fraction of sp³-hybridized carbons (Fsp3) is 0.308. The number of nitrogens with one attached hydrogen (secondary N) is 1. The van der Waals surface area contributed by atoms with E-state index in [0.717, 1.165) is 0 Å². The summed E-state index contributed by atoms with van der Waals surface area (Å²) in [6.45, 7) is 1.68. The van der Waals surface area contributed by atoms with Gasteiger partial charge in [0, 0.05) is 19.1 Å². The molecular weight excluding hydrogens is 324 g/mol. The predicted octanol–water partition coefficient (Wildman–Crippen LogP) is 2.17. The van der Waals surface area contributed by atoms with Crippen LogP contribution in [0.25, 0.3) is 0 Å². The van der Waals surface area contributed by atoms with E-state index in [1.54, 1.807) is 6.92 Å². The molecule has 0 saturated heterocycles. The Bertz CT molecular complexity index is 718. The molecule has 2 rings (SSSR count). The summed E-state index contributed by atoms with van der Waals surface area (Å²) in [7, 11) is 1.42. The number of aryl methyl sites for hydroxylation is 1. The maximum atomic E-state index is 11.9. The van der Waals surface area contributed by atoms with Crippen LogP contribution >= 0.6 is 11.8 Å². The Morgan fingerprint density at radius 2 is 2.30 bits per heavy atom. The number of hydrogen-bond acceptors (Lipinski definition) is 8. The number of carbonyl (C=O) groups excluding carboxylic acids is 1. The molecule has 0 aliphatic rings. The molecule has 1 amide bonds. The van der Waals surface area contributed by atoms with Crippen LogP contribution in [0.15, 0.2) is 22.7 Å². The number of aromatic nitrogens is 2. The highest BCUT2D eigenvalue weighted by molar-refractivity contribution is 7.99. The normalized spacial score (nSPS) is 10.3. The first-order chi connectivity index (χ1) is 11.0. The van der Waals surface area contributed by atoms with Gasteiger partial charge >= 0.3 is 0 Å². The van der Waals surface area contributed by atoms with Gasteiger partial charge in [-0.15, -0.1) is 11.8 Å². The molecular formula is C13H14N4O5S. The molecule has 122 valence electrons. The summed E-state index contributed by atoms with van der Waals surface area (Å²) in [6.07, 6.45) is 0. The molecule has 0 aliphatic carbocycles. The SMILES string of the molecule is COc1ccc([N+](=O)[O-])cc1NC(=O)CSCc1noc(C)n1. The predicted molar refractivity (Wildman–Crippen MR) is 83.5 cm³/mol. The number of ether oxygens (including phenoxy) is 1. The number of thioether (sulfide) groups is 1. The topological polar surface area (TPSA) is 120 Å². The van der Waals surface area contributed by atoms with Crippen molar-refractivity contribution in [3.05, 3.63) is 40.0 Å². The molecule has 23 heavy (non-hydrogen) atoms. The number of nitro groups is 1. The molecule has 10 heteroatoms. The average molecular weight is 338 g/mol. The van der Waals surface area contributed by atoms with Gasteiger partial charge in [0.2, 0.25) is 11.8 Å². The zero-order valence-corrected chi connectivity index (χ0v) is 13.3. The number of carbonyl (C=O) groups is 1. The lowest BCUT2D eigenvalue weighted by Crippen LogP contribution is -2.15. The highest BCUT2D eigenvalue weighted by Crippen LogP contribution is 2.29. The van der Waals surface area contributed by atoms with E-state index in [-0.39, 0.29) is 23.0 Å². The first kappa shape index (κ1) is 16.7. The number of nitro benzene ring substituents is 1. The molecule has 9 nitrogen and oxygen atoms in total. The van der Waals surface area contributed by atoms with Crippen LogP contribution in [-0.2, 0) is 10.5 Å². The zero-order chi connectivity index (χ0) is 16.8. The van der Waals surface area contributed by atoms with Crippen molar-refractivity contribution in [2.24, 2.45) is 0 Å². The fourth-order valence-electron chi connectivity index (χ4n) is 1.73. The van der Waals surface area contributed by atoms with Crippen LogP contribution in [-0.4, -0.2) is 33.8 Å². The first-order valence-corrected chi connectivity index (χ1v) is 7.64. The summed E-state index contributed by atoms with van der Waals surface area (Å²) in [5, 5.41) is 17.1. The fourth-order valence-corrected chi connectivity index (χ4v) is 2.39. The minimum Gasteiger partial charge on any atom is -0.495 e. The second-order valence-corrected chi connectivity index (χ2v) is 5.40. The molecule has 1 aromatic carbocycles. The van der Waals surface area contributed by atoms with E-state index in [0.29, 0.717) is 23.2 Å². The van der Waals surface area contributed by atoms with Gasteiger partial charge in [-0.25, -0.2) is 0 Å². The maximum absolute atomic E-state index is 11.9. The standard InChI is InChI=1S/C13H14N4O5S/c1-8-14-12(16-22-8)6-23-7-13(18)15-10-5-9(17(19)20)3-4-11(10)21-2/h3-5H,6-7H2,1-2H3,(H,15,18). The van der Waals surface area contributed by atoms with Crippen molar-refractivity contribution in [1.82, 2.24) is 10.1 Å². The van der Waals surface area contributed by atoms with Crippen molar-refractivity contribution in [2.45, 2.75) is 12.7 Å². The Morgan fingerprint density at radius 1 is 1.52 bits per heavy atom. The second-order valence-electron chi connectivity index (χ2n) is 4.41. The molecule has 0 aliphatic heterocycles. The van der Waals surface area contributed by atoms with Crippen LogP contribution in [0.3, 0.4) is 0 Å². The Kier molecular flexibility index (Phi) is 5.52. The van der Waals surface area contributed by atoms with Crippen molar-refractivity contribution in [3.63, 3.8) is 0 Å². The minimum atomic E-state index is -0.539. The summed E-state index contributed by atoms with van der Waals surface area (Å²) < 4.78 is 9.91. The molecule has 0 unspecified atom stereocenters. The summed E-state index contributed by atoms with van der Waals surface area (Å²) in [5.41, 5.74) is 0.124. The third-order valence-electron chi connectivity index (χ3n) is 2.70. The number of methoxy groups -OCH3 is 1. The number of nitrogens with zero attached hydrogens (tertiary/aromatic N) is 3. The number of rotatable bonds is 7. The third-order valence-corrected chi connectivity index (χ3v) is 3.63. The summed E-state index contributed by atoms with van der Waals surface area (Å²) in [6, 6.07) is 3.99. The Morgan fingerprint density at radius 3 is 2.91 bits per heavy atom. The van der Waals surface area contributed by atoms with Crippen LogP contribution in [0.2, 0.25) is 0 Å². The largest absolute Gasteiger partial charge is 0.495 e. The van der Waals surface area contributed by atoms with Gasteiger partial charge in [-0.3, -0.25) is 14.9 Å². The molecule has 0 spiro atoms. The van der Waals surface area contributed by atoms with Crippen molar-refractivity contribution in [2.75, 3.05) is 18.2 Å². The van der Waals surface area contributed by atoms with E-state index >= 15 is 0 Å².